The number of benzene rings is 10. The molecule has 0 N–H and O–H groups in total. The highest BCUT2D eigenvalue weighted by molar-refractivity contribution is 5.96. The molecule has 0 bridgehead atoms. The monoisotopic (exact) mass is 841 g/mol. The average Bonchev–Trinajstić information content (AvgIpc) is 4.08. The Labute approximate surface area is 385 Å². The van der Waals surface area contributed by atoms with Crippen LogP contribution >= 0.6 is 0 Å². The van der Waals surface area contributed by atoms with Gasteiger partial charge in [-0.25, -0.2) is 0 Å². The molecule has 2 aliphatic carbocycles. The van der Waals surface area contributed by atoms with Gasteiger partial charge in [0.15, 0.2) is 0 Å². The molecule has 13 rings (SSSR count). The molecule has 10 aromatic carbocycles. The summed E-state index contributed by atoms with van der Waals surface area (Å²) < 4.78 is 5.71. The molecule has 11 aromatic rings. The van der Waals surface area contributed by atoms with Crippen LogP contribution in [0.4, 0.5) is 17.1 Å². The van der Waals surface area contributed by atoms with E-state index in [2.05, 4.69) is 254 Å². The van der Waals surface area contributed by atoms with Crippen LogP contribution in [0, 0.1) is 0 Å². The lowest BCUT2D eigenvalue weighted by Crippen LogP contribution is -2.31. The molecule has 0 fully saturated rings. The summed E-state index contributed by atoms with van der Waals surface area (Å²) in [4.78, 5) is 2.53. The minimum absolute atomic E-state index is 0.557. The normalized spacial score (nSPS) is 13.7. The van der Waals surface area contributed by atoms with Crippen LogP contribution in [0.1, 0.15) is 44.5 Å². The van der Waals surface area contributed by atoms with Crippen molar-refractivity contribution in [3.63, 3.8) is 0 Å². The van der Waals surface area contributed by atoms with Gasteiger partial charge in [-0.05, 0) is 121 Å². The standard InChI is InChI=1S/C64H43NO/c1-5-18-47(19-6-1)63(48-20-7-2-8-21-48)57-29-15-13-26-53(57)55-38-37-52(43-59(55)63)65(51-35-32-44(33-36-51)45-34-39-61-46(42-45)40-41-66-61)60-31-17-28-56-54-27-14-16-30-58(54)64(62(56)60,49-22-9-3-10-23-49)50-24-11-4-12-25-50/h1-43H. The first-order valence-corrected chi connectivity index (χ1v) is 22.8. The zero-order chi connectivity index (χ0) is 43.7. The molecule has 0 saturated carbocycles. The fraction of sp³-hybridized carbons (Fsp3) is 0.0312. The third kappa shape index (κ3) is 5.49. The summed E-state index contributed by atoms with van der Waals surface area (Å²) in [6.45, 7) is 0. The van der Waals surface area contributed by atoms with Crippen molar-refractivity contribution in [1.82, 2.24) is 0 Å². The number of nitrogens with zero attached hydrogens (tertiary/aromatic N) is 1. The van der Waals surface area contributed by atoms with E-state index < -0.39 is 10.8 Å². The molecule has 0 saturated heterocycles. The van der Waals surface area contributed by atoms with Gasteiger partial charge in [0.1, 0.15) is 5.58 Å². The van der Waals surface area contributed by atoms with Gasteiger partial charge in [-0.3, -0.25) is 0 Å². The molecule has 310 valence electrons. The minimum atomic E-state index is -0.617. The van der Waals surface area contributed by atoms with Crippen LogP contribution in [-0.2, 0) is 10.8 Å². The van der Waals surface area contributed by atoms with Crippen LogP contribution in [0.3, 0.4) is 0 Å². The Kier molecular flexibility index (Phi) is 8.69. The lowest BCUT2D eigenvalue weighted by molar-refractivity contribution is 0.616. The van der Waals surface area contributed by atoms with E-state index in [1.165, 1.54) is 66.8 Å². The van der Waals surface area contributed by atoms with Crippen LogP contribution in [0.25, 0.3) is 44.3 Å². The fourth-order valence-corrected chi connectivity index (χ4v) is 11.6. The molecule has 2 nitrogen and oxygen atoms in total. The second-order valence-corrected chi connectivity index (χ2v) is 17.5. The third-order valence-corrected chi connectivity index (χ3v) is 14.3. The Morgan fingerprint density at radius 1 is 0.318 bits per heavy atom. The van der Waals surface area contributed by atoms with Gasteiger partial charge >= 0.3 is 0 Å². The number of fused-ring (bicyclic) bond motifs is 7. The van der Waals surface area contributed by atoms with Gasteiger partial charge in [0.2, 0.25) is 0 Å². The molecule has 0 radical (unpaired) electrons. The molecule has 0 amide bonds. The fourth-order valence-electron chi connectivity index (χ4n) is 11.6. The summed E-state index contributed by atoms with van der Waals surface area (Å²) in [5.74, 6) is 0. The maximum Gasteiger partial charge on any atom is 0.133 e. The number of anilines is 3. The lowest BCUT2D eigenvalue weighted by atomic mass is 9.67. The topological polar surface area (TPSA) is 16.4 Å². The molecule has 0 aliphatic heterocycles. The third-order valence-electron chi connectivity index (χ3n) is 14.3. The Hall–Kier alpha value is -8.46. The van der Waals surface area contributed by atoms with E-state index in [0.717, 1.165) is 39.2 Å². The maximum absolute atomic E-state index is 5.71. The van der Waals surface area contributed by atoms with Crippen molar-refractivity contribution in [2.24, 2.45) is 0 Å². The van der Waals surface area contributed by atoms with Gasteiger partial charge in [-0.1, -0.05) is 206 Å². The van der Waals surface area contributed by atoms with Crippen molar-refractivity contribution in [1.29, 1.82) is 0 Å². The van der Waals surface area contributed by atoms with E-state index >= 15 is 0 Å². The minimum Gasteiger partial charge on any atom is -0.464 e. The maximum atomic E-state index is 5.71. The van der Waals surface area contributed by atoms with E-state index in [4.69, 9.17) is 4.42 Å². The van der Waals surface area contributed by atoms with Crippen molar-refractivity contribution in [3.8, 4) is 33.4 Å². The van der Waals surface area contributed by atoms with Crippen LogP contribution in [0.5, 0.6) is 0 Å². The first kappa shape index (κ1) is 38.0. The highest BCUT2D eigenvalue weighted by atomic mass is 16.3. The summed E-state index contributed by atoms with van der Waals surface area (Å²) in [6.07, 6.45) is 1.76. The van der Waals surface area contributed by atoms with Gasteiger partial charge in [-0.2, -0.15) is 0 Å². The Balaban J connectivity index is 1.11. The summed E-state index contributed by atoms with van der Waals surface area (Å²) in [6, 6.07) is 94.2. The molecule has 0 atom stereocenters. The lowest BCUT2D eigenvalue weighted by Gasteiger charge is -2.38. The summed E-state index contributed by atoms with van der Waals surface area (Å²) in [5.41, 5.74) is 20.4. The Morgan fingerprint density at radius 2 is 0.803 bits per heavy atom. The summed E-state index contributed by atoms with van der Waals surface area (Å²) in [7, 11) is 0. The van der Waals surface area contributed by atoms with Gasteiger partial charge in [0.25, 0.3) is 0 Å². The van der Waals surface area contributed by atoms with Crippen LogP contribution in [0.15, 0.2) is 265 Å². The highest BCUT2D eigenvalue weighted by Crippen LogP contribution is 2.61. The molecular weight excluding hydrogens is 799 g/mol. The number of rotatable bonds is 8. The Bertz CT molecular complexity index is 3490. The SMILES string of the molecule is c1ccc(C2(c3ccccc3)c3ccccc3-c3ccc(N(c4ccc(-c5ccc6occc6c5)cc4)c4cccc5c4C(c4ccccc4)(c4ccccc4)c4ccccc4-5)cc32)cc1. The second kappa shape index (κ2) is 15.1. The quantitative estimate of drug-likeness (QED) is 0.152. The molecule has 2 heteroatoms. The van der Waals surface area contributed by atoms with E-state index in [-0.39, 0.29) is 0 Å². The van der Waals surface area contributed by atoms with Crippen LogP contribution < -0.4 is 4.90 Å². The smallest absolute Gasteiger partial charge is 0.133 e. The zero-order valence-corrected chi connectivity index (χ0v) is 36.2. The highest BCUT2D eigenvalue weighted by Gasteiger charge is 2.49. The first-order valence-electron chi connectivity index (χ1n) is 22.8. The van der Waals surface area contributed by atoms with Crippen molar-refractivity contribution < 1.29 is 4.42 Å². The molecule has 2 aliphatic rings. The van der Waals surface area contributed by atoms with Crippen LogP contribution in [0.2, 0.25) is 0 Å². The van der Waals surface area contributed by atoms with Gasteiger partial charge < -0.3 is 9.32 Å². The van der Waals surface area contributed by atoms with Crippen molar-refractivity contribution in [2.75, 3.05) is 4.90 Å². The van der Waals surface area contributed by atoms with Gasteiger partial charge in [-0.15, -0.1) is 0 Å². The zero-order valence-electron chi connectivity index (χ0n) is 36.2. The predicted molar refractivity (Wildman–Crippen MR) is 271 cm³/mol. The molecular formula is C64H43NO. The number of hydrogen-bond acceptors (Lipinski definition) is 2. The molecule has 1 heterocycles. The number of hydrogen-bond donors (Lipinski definition) is 0. The van der Waals surface area contributed by atoms with Gasteiger partial charge in [0.05, 0.1) is 22.8 Å². The largest absolute Gasteiger partial charge is 0.464 e. The van der Waals surface area contributed by atoms with Gasteiger partial charge in [0, 0.05) is 22.3 Å². The van der Waals surface area contributed by atoms with E-state index in [1.807, 2.05) is 6.07 Å². The number of furan rings is 1. The van der Waals surface area contributed by atoms with Crippen LogP contribution in [-0.4, -0.2) is 0 Å². The molecule has 66 heavy (non-hydrogen) atoms. The molecule has 1 aromatic heterocycles. The van der Waals surface area contributed by atoms with Crippen molar-refractivity contribution in [2.45, 2.75) is 10.8 Å². The summed E-state index contributed by atoms with van der Waals surface area (Å²) in [5, 5.41) is 1.09. The van der Waals surface area contributed by atoms with E-state index in [1.54, 1.807) is 6.26 Å². The summed E-state index contributed by atoms with van der Waals surface area (Å²) >= 11 is 0. The average molecular weight is 842 g/mol. The van der Waals surface area contributed by atoms with Crippen molar-refractivity contribution in [3.05, 3.63) is 306 Å². The predicted octanol–water partition coefficient (Wildman–Crippen LogP) is 16.3. The Morgan fingerprint density at radius 3 is 1.42 bits per heavy atom. The first-order chi connectivity index (χ1) is 32.7. The molecule has 0 unspecified atom stereocenters. The second-order valence-electron chi connectivity index (χ2n) is 17.5. The van der Waals surface area contributed by atoms with E-state index in [9.17, 15) is 0 Å². The van der Waals surface area contributed by atoms with Crippen molar-refractivity contribution >= 4 is 28.0 Å². The van der Waals surface area contributed by atoms with E-state index in [0.29, 0.717) is 0 Å². The molecule has 0 spiro atoms.